The first-order valence-corrected chi connectivity index (χ1v) is 12.6. The smallest absolute Gasteiger partial charge is 0.286 e. The molecule has 1 atom stereocenters. The molecule has 9 nitrogen and oxygen atoms in total. The molecule has 184 valence electrons. The van der Waals surface area contributed by atoms with Gasteiger partial charge in [0.1, 0.15) is 21.8 Å². The Balaban J connectivity index is 1.95. The monoisotopic (exact) mass is 496 g/mol. The van der Waals surface area contributed by atoms with E-state index in [4.69, 9.17) is 5.73 Å². The highest BCUT2D eigenvalue weighted by atomic mass is 32.2. The molecule has 0 spiro atoms. The Kier molecular flexibility index (Phi) is 5.75. The first-order chi connectivity index (χ1) is 16.2. The molecule has 0 bridgehead atoms. The molecular weight excluding hydrogens is 468 g/mol. The second-order valence-electron chi connectivity index (χ2n) is 10.0. The molecule has 0 saturated heterocycles. The van der Waals surface area contributed by atoms with Crippen molar-refractivity contribution in [2.45, 2.75) is 51.0 Å². The summed E-state index contributed by atoms with van der Waals surface area (Å²) in [5.41, 5.74) is 4.92. The SMILES string of the molecule is CC(=O)NC1(CCC(C)(C)C)C(=O)C(C2=NS(=O)(=O)c3cc(N)ccc3N2)=C(O)c2ccccc21. The van der Waals surface area contributed by atoms with Gasteiger partial charge in [-0.2, -0.15) is 8.42 Å². The molecule has 1 aliphatic heterocycles. The number of amidine groups is 1. The number of amides is 1. The van der Waals surface area contributed by atoms with Crippen LogP contribution in [0.2, 0.25) is 0 Å². The van der Waals surface area contributed by atoms with Gasteiger partial charge in [0.05, 0.1) is 5.69 Å². The van der Waals surface area contributed by atoms with Crippen LogP contribution < -0.4 is 16.4 Å². The fourth-order valence-electron chi connectivity index (χ4n) is 4.44. The number of rotatable bonds is 4. The Labute approximate surface area is 204 Å². The van der Waals surface area contributed by atoms with E-state index < -0.39 is 33.0 Å². The van der Waals surface area contributed by atoms with Crippen molar-refractivity contribution < 1.29 is 23.1 Å². The van der Waals surface area contributed by atoms with E-state index in [1.165, 1.54) is 25.1 Å². The maximum absolute atomic E-state index is 14.2. The highest BCUT2D eigenvalue weighted by Gasteiger charge is 2.50. The normalized spacial score (nSPS) is 20.9. The van der Waals surface area contributed by atoms with Crippen LogP contribution in [0.1, 0.15) is 51.7 Å². The zero-order valence-corrected chi connectivity index (χ0v) is 20.8. The molecule has 10 heteroatoms. The van der Waals surface area contributed by atoms with Gasteiger partial charge in [-0.1, -0.05) is 45.0 Å². The number of hydrogen-bond acceptors (Lipinski definition) is 7. The van der Waals surface area contributed by atoms with E-state index in [0.717, 1.165) is 0 Å². The number of Topliss-reactive ketones (excluding diaryl/α,β-unsaturated/α-hetero) is 1. The van der Waals surface area contributed by atoms with Crippen LogP contribution in [-0.4, -0.2) is 31.1 Å². The van der Waals surface area contributed by atoms with Gasteiger partial charge in [0, 0.05) is 18.2 Å². The second kappa shape index (κ2) is 8.23. The molecule has 0 radical (unpaired) electrons. The fourth-order valence-corrected chi connectivity index (χ4v) is 5.60. The van der Waals surface area contributed by atoms with Crippen LogP contribution >= 0.6 is 0 Å². The molecule has 4 rings (SSSR count). The molecule has 2 aromatic carbocycles. The Morgan fingerprint density at radius 3 is 2.54 bits per heavy atom. The van der Waals surface area contributed by atoms with Crippen molar-refractivity contribution in [3.05, 3.63) is 59.2 Å². The first-order valence-electron chi connectivity index (χ1n) is 11.1. The van der Waals surface area contributed by atoms with Crippen molar-refractivity contribution in [1.82, 2.24) is 5.32 Å². The summed E-state index contributed by atoms with van der Waals surface area (Å²) in [6.07, 6.45) is 0.789. The van der Waals surface area contributed by atoms with Gasteiger partial charge in [0.15, 0.2) is 11.6 Å². The van der Waals surface area contributed by atoms with E-state index in [0.29, 0.717) is 17.5 Å². The lowest BCUT2D eigenvalue weighted by molar-refractivity contribution is -0.129. The summed E-state index contributed by atoms with van der Waals surface area (Å²) in [6, 6.07) is 11.0. The first kappa shape index (κ1) is 24.5. The predicted octanol–water partition coefficient (Wildman–Crippen LogP) is 3.49. The van der Waals surface area contributed by atoms with E-state index in [1.54, 1.807) is 24.3 Å². The zero-order chi connectivity index (χ0) is 25.8. The third kappa shape index (κ3) is 4.29. The zero-order valence-electron chi connectivity index (χ0n) is 20.0. The summed E-state index contributed by atoms with van der Waals surface area (Å²) < 4.78 is 29.7. The number of hydrogen-bond donors (Lipinski definition) is 4. The minimum atomic E-state index is -4.22. The van der Waals surface area contributed by atoms with Crippen LogP contribution in [0.4, 0.5) is 11.4 Å². The van der Waals surface area contributed by atoms with Gasteiger partial charge in [-0.25, -0.2) is 0 Å². The Bertz CT molecular complexity index is 1420. The van der Waals surface area contributed by atoms with Crippen molar-refractivity contribution in [1.29, 1.82) is 0 Å². The summed E-state index contributed by atoms with van der Waals surface area (Å²) in [4.78, 5) is 26.4. The number of nitrogens with one attached hydrogen (secondary N) is 2. The minimum Gasteiger partial charge on any atom is -0.506 e. The highest BCUT2D eigenvalue weighted by Crippen LogP contribution is 2.44. The van der Waals surface area contributed by atoms with Crippen molar-refractivity contribution >= 4 is 44.7 Å². The van der Waals surface area contributed by atoms with E-state index >= 15 is 0 Å². The van der Waals surface area contributed by atoms with Crippen molar-refractivity contribution in [2.24, 2.45) is 9.81 Å². The van der Waals surface area contributed by atoms with Gasteiger partial charge in [-0.15, -0.1) is 4.40 Å². The summed E-state index contributed by atoms with van der Waals surface area (Å²) in [5, 5.41) is 16.9. The van der Waals surface area contributed by atoms with Crippen LogP contribution in [-0.2, 0) is 25.2 Å². The predicted molar refractivity (Wildman–Crippen MR) is 134 cm³/mol. The van der Waals surface area contributed by atoms with Crippen molar-refractivity contribution in [3.63, 3.8) is 0 Å². The van der Waals surface area contributed by atoms with Gasteiger partial charge in [-0.05, 0) is 42.0 Å². The van der Waals surface area contributed by atoms with Gasteiger partial charge >= 0.3 is 0 Å². The topological polar surface area (TPSA) is 151 Å². The number of nitrogens with two attached hydrogens (primary N) is 1. The number of ketones is 1. The van der Waals surface area contributed by atoms with Crippen LogP contribution in [0.25, 0.3) is 5.76 Å². The quantitative estimate of drug-likeness (QED) is 0.473. The highest BCUT2D eigenvalue weighted by molar-refractivity contribution is 7.90. The number of fused-ring (bicyclic) bond motifs is 2. The van der Waals surface area contributed by atoms with E-state index in [-0.39, 0.29) is 39.5 Å². The Hall–Kier alpha value is -3.66. The Morgan fingerprint density at radius 2 is 1.89 bits per heavy atom. The molecular formula is C25H28N4O5S. The van der Waals surface area contributed by atoms with Crippen molar-refractivity contribution in [3.8, 4) is 0 Å². The Morgan fingerprint density at radius 1 is 1.20 bits per heavy atom. The number of benzene rings is 2. The van der Waals surface area contributed by atoms with Crippen LogP contribution in [0, 0.1) is 5.41 Å². The number of anilines is 2. The summed E-state index contributed by atoms with van der Waals surface area (Å²) in [6.45, 7) is 7.37. The largest absolute Gasteiger partial charge is 0.506 e. The van der Waals surface area contributed by atoms with E-state index in [1.807, 2.05) is 20.8 Å². The minimum absolute atomic E-state index is 0.133. The fraction of sp³-hybridized carbons (Fsp3) is 0.320. The molecule has 0 saturated carbocycles. The number of aliphatic hydroxyl groups is 1. The molecule has 1 amide bonds. The van der Waals surface area contributed by atoms with E-state index in [9.17, 15) is 23.1 Å². The molecule has 5 N–H and O–H groups in total. The maximum Gasteiger partial charge on any atom is 0.286 e. The molecule has 1 unspecified atom stereocenters. The summed E-state index contributed by atoms with van der Waals surface area (Å²) >= 11 is 0. The number of carbonyl (C=O) groups is 2. The lowest BCUT2D eigenvalue weighted by Gasteiger charge is -2.40. The molecule has 2 aliphatic rings. The lowest BCUT2D eigenvalue weighted by atomic mass is 9.69. The summed E-state index contributed by atoms with van der Waals surface area (Å²) in [5.74, 6) is -1.81. The summed E-state index contributed by atoms with van der Waals surface area (Å²) in [7, 11) is -4.22. The van der Waals surface area contributed by atoms with Crippen LogP contribution in [0.15, 0.2) is 57.3 Å². The second-order valence-corrected chi connectivity index (χ2v) is 11.6. The molecule has 1 heterocycles. The molecule has 1 aliphatic carbocycles. The lowest BCUT2D eigenvalue weighted by Crippen LogP contribution is -2.55. The maximum atomic E-state index is 14.2. The average Bonchev–Trinajstić information content (AvgIpc) is 2.75. The molecule has 35 heavy (non-hydrogen) atoms. The van der Waals surface area contributed by atoms with Crippen molar-refractivity contribution in [2.75, 3.05) is 11.1 Å². The van der Waals surface area contributed by atoms with Crippen LogP contribution in [0.5, 0.6) is 0 Å². The average molecular weight is 497 g/mol. The van der Waals surface area contributed by atoms with Gasteiger partial charge in [0.2, 0.25) is 5.91 Å². The number of sulfonamides is 1. The molecule has 2 aromatic rings. The van der Waals surface area contributed by atoms with Gasteiger partial charge < -0.3 is 21.5 Å². The number of carbonyl (C=O) groups excluding carboxylic acids is 2. The van der Waals surface area contributed by atoms with Gasteiger partial charge in [-0.3, -0.25) is 9.59 Å². The third-order valence-corrected chi connectivity index (χ3v) is 7.43. The van der Waals surface area contributed by atoms with E-state index in [2.05, 4.69) is 15.0 Å². The standard InChI is InChI=1S/C25H28N4O5S/c1-14(30)28-25(12-11-24(2,3)4)17-8-6-5-7-16(17)21(31)20(22(25)32)23-27-18-10-9-15(26)13-19(18)35(33,34)29-23/h5-10,13,31H,11-12,26H2,1-4H3,(H,27,29)(H,28,30). The molecule has 0 fully saturated rings. The third-order valence-electron chi connectivity index (χ3n) is 6.12. The van der Waals surface area contributed by atoms with Crippen LogP contribution in [0.3, 0.4) is 0 Å². The van der Waals surface area contributed by atoms with Gasteiger partial charge in [0.25, 0.3) is 10.0 Å². The number of aliphatic hydroxyl groups excluding tert-OH is 1. The number of nitrogen functional groups attached to an aromatic ring is 1. The number of nitrogens with zero attached hydrogens (tertiary/aromatic N) is 1. The molecule has 0 aromatic heterocycles.